The maximum Gasteiger partial charge on any atom is 0.352 e. The van der Waals surface area contributed by atoms with Crippen LogP contribution in [0.15, 0.2) is 12.1 Å². The normalized spacial score (nSPS) is 9.62. The van der Waals surface area contributed by atoms with Crippen LogP contribution in [0.3, 0.4) is 0 Å². The third kappa shape index (κ3) is 1.61. The van der Waals surface area contributed by atoms with E-state index < -0.39 is 22.1 Å². The zero-order chi connectivity index (χ0) is 10.0. The lowest BCUT2D eigenvalue weighted by Crippen LogP contribution is -1.90. The summed E-state index contributed by atoms with van der Waals surface area (Å²) >= 11 is 0. The highest BCUT2D eigenvalue weighted by atomic mass is 16.6. The number of nitro benzene ring substituents is 1. The molecule has 2 N–H and O–H groups in total. The molecule has 0 aromatic heterocycles. The molecule has 0 aliphatic carbocycles. The van der Waals surface area contributed by atoms with Gasteiger partial charge < -0.3 is 14.9 Å². The highest BCUT2D eigenvalue weighted by Crippen LogP contribution is 2.38. The molecule has 1 aromatic rings. The molecule has 70 valence electrons. The molecule has 1 rings (SSSR count). The molecule has 0 saturated heterocycles. The topological polar surface area (TPSA) is 92.8 Å². The molecule has 0 saturated carbocycles. The fourth-order valence-electron chi connectivity index (χ4n) is 0.884. The lowest BCUT2D eigenvalue weighted by molar-refractivity contribution is -0.386. The number of hydrogen-bond acceptors (Lipinski definition) is 5. The fraction of sp³-hybridized carbons (Fsp3) is 0.143. The molecule has 0 heterocycles. The zero-order valence-corrected chi connectivity index (χ0v) is 6.72. The van der Waals surface area contributed by atoms with Gasteiger partial charge in [-0.05, 0) is 0 Å². The number of phenolic OH excluding ortho intramolecular Hbond substituents is 2. The Bertz CT molecular complexity index is 326. The van der Waals surface area contributed by atoms with Gasteiger partial charge in [-0.2, -0.15) is 0 Å². The van der Waals surface area contributed by atoms with Crippen LogP contribution < -0.4 is 4.74 Å². The Morgan fingerprint density at radius 2 is 1.85 bits per heavy atom. The molecule has 1 aromatic carbocycles. The van der Waals surface area contributed by atoms with Crippen LogP contribution in [0.25, 0.3) is 0 Å². The highest BCUT2D eigenvalue weighted by Gasteiger charge is 2.20. The highest BCUT2D eigenvalue weighted by molar-refractivity contribution is 5.59. The summed E-state index contributed by atoms with van der Waals surface area (Å²) in [7, 11) is 1.32. The number of aromatic hydroxyl groups is 2. The molecule has 0 bridgehead atoms. The van der Waals surface area contributed by atoms with Crippen molar-refractivity contribution in [2.45, 2.75) is 0 Å². The van der Waals surface area contributed by atoms with Crippen molar-refractivity contribution in [3.05, 3.63) is 22.2 Å². The van der Waals surface area contributed by atoms with Crippen LogP contribution in [0.1, 0.15) is 0 Å². The van der Waals surface area contributed by atoms with Crippen LogP contribution in [0.5, 0.6) is 17.2 Å². The summed E-state index contributed by atoms with van der Waals surface area (Å²) in [5.41, 5.74) is -0.721. The number of nitrogens with zero attached hydrogens (tertiary/aromatic N) is 1. The summed E-state index contributed by atoms with van der Waals surface area (Å²) in [6.07, 6.45) is 0. The predicted molar refractivity (Wildman–Crippen MR) is 43.0 cm³/mol. The van der Waals surface area contributed by atoms with Gasteiger partial charge in [-0.3, -0.25) is 10.1 Å². The average molecular weight is 185 g/mol. The number of rotatable bonds is 2. The molecule has 6 nitrogen and oxygen atoms in total. The largest absolute Gasteiger partial charge is 0.502 e. The average Bonchev–Trinajstić information content (AvgIpc) is 2.02. The fourth-order valence-corrected chi connectivity index (χ4v) is 0.884. The number of nitro groups is 1. The van der Waals surface area contributed by atoms with E-state index in [0.717, 1.165) is 12.1 Å². The van der Waals surface area contributed by atoms with E-state index in [1.807, 2.05) is 0 Å². The van der Waals surface area contributed by atoms with E-state index in [4.69, 9.17) is 10.2 Å². The lowest BCUT2D eigenvalue weighted by Gasteiger charge is -2.02. The Balaban J connectivity index is 3.31. The summed E-state index contributed by atoms with van der Waals surface area (Å²) in [6.45, 7) is 0. The van der Waals surface area contributed by atoms with Crippen LogP contribution in [0.2, 0.25) is 0 Å². The first-order chi connectivity index (χ1) is 6.06. The third-order valence-corrected chi connectivity index (χ3v) is 1.46. The van der Waals surface area contributed by atoms with Gasteiger partial charge in [-0.25, -0.2) is 0 Å². The van der Waals surface area contributed by atoms with E-state index in [2.05, 4.69) is 4.74 Å². The molecule has 0 spiro atoms. The van der Waals surface area contributed by atoms with Gasteiger partial charge in [0, 0.05) is 12.1 Å². The van der Waals surface area contributed by atoms with Crippen molar-refractivity contribution >= 4 is 5.69 Å². The molecule has 0 fully saturated rings. The first-order valence-electron chi connectivity index (χ1n) is 3.30. The summed E-state index contributed by atoms with van der Waals surface area (Å²) in [6, 6.07) is 2.11. The third-order valence-electron chi connectivity index (χ3n) is 1.46. The van der Waals surface area contributed by atoms with Crippen molar-refractivity contribution in [2.24, 2.45) is 0 Å². The summed E-state index contributed by atoms with van der Waals surface area (Å²) in [5.74, 6) is -1.09. The van der Waals surface area contributed by atoms with Gasteiger partial charge in [-0.15, -0.1) is 0 Å². The number of ether oxygens (including phenoxy) is 1. The van der Waals surface area contributed by atoms with Gasteiger partial charge >= 0.3 is 5.69 Å². The smallest absolute Gasteiger partial charge is 0.352 e. The number of phenols is 2. The minimum atomic E-state index is -0.871. The Morgan fingerprint density at radius 3 is 2.15 bits per heavy atom. The van der Waals surface area contributed by atoms with Crippen LogP contribution in [-0.4, -0.2) is 22.2 Å². The van der Waals surface area contributed by atoms with Gasteiger partial charge in [0.2, 0.25) is 11.5 Å². The molecule has 0 aliphatic rings. The van der Waals surface area contributed by atoms with Crippen molar-refractivity contribution in [1.82, 2.24) is 0 Å². The molecule has 0 unspecified atom stereocenters. The maximum atomic E-state index is 10.3. The SMILES string of the molecule is COc1cc(O)c([N+](=O)[O-])c(O)c1. The Labute approximate surface area is 73.2 Å². The first kappa shape index (κ1) is 9.11. The van der Waals surface area contributed by atoms with Crippen LogP contribution >= 0.6 is 0 Å². The Morgan fingerprint density at radius 1 is 1.38 bits per heavy atom. The van der Waals surface area contributed by atoms with Gasteiger partial charge in [0.15, 0.2) is 0 Å². The standard InChI is InChI=1S/C7H7NO5/c1-13-4-2-5(9)7(8(11)12)6(10)3-4/h2-3,9-10H,1H3. The maximum absolute atomic E-state index is 10.3. The van der Waals surface area contributed by atoms with Crippen molar-refractivity contribution < 1.29 is 19.9 Å². The van der Waals surface area contributed by atoms with Crippen molar-refractivity contribution in [3.63, 3.8) is 0 Å². The Hall–Kier alpha value is -1.98. The Kier molecular flexibility index (Phi) is 2.23. The second-order valence-corrected chi connectivity index (χ2v) is 2.27. The molecule has 6 heteroatoms. The van der Waals surface area contributed by atoms with Crippen molar-refractivity contribution in [1.29, 1.82) is 0 Å². The predicted octanol–water partition coefficient (Wildman–Crippen LogP) is 1.01. The van der Waals surface area contributed by atoms with Gasteiger partial charge in [0.1, 0.15) is 5.75 Å². The van der Waals surface area contributed by atoms with Crippen LogP contribution in [0, 0.1) is 10.1 Å². The second kappa shape index (κ2) is 3.18. The number of benzene rings is 1. The van der Waals surface area contributed by atoms with Crippen LogP contribution in [0.4, 0.5) is 5.69 Å². The van der Waals surface area contributed by atoms with Gasteiger partial charge in [0.25, 0.3) is 0 Å². The van der Waals surface area contributed by atoms with Crippen molar-refractivity contribution in [3.8, 4) is 17.2 Å². The summed E-state index contributed by atoms with van der Waals surface area (Å²) in [5, 5.41) is 28.5. The molecule has 13 heavy (non-hydrogen) atoms. The number of hydrogen-bond donors (Lipinski definition) is 2. The molecule has 0 radical (unpaired) electrons. The minimum Gasteiger partial charge on any atom is -0.502 e. The number of methoxy groups -OCH3 is 1. The van der Waals surface area contributed by atoms with E-state index in [1.54, 1.807) is 0 Å². The quantitative estimate of drug-likeness (QED) is 0.529. The summed E-state index contributed by atoms with van der Waals surface area (Å²) in [4.78, 5) is 9.42. The summed E-state index contributed by atoms with van der Waals surface area (Å²) < 4.78 is 4.67. The van der Waals surface area contributed by atoms with E-state index in [9.17, 15) is 10.1 Å². The molecule has 0 aliphatic heterocycles. The lowest BCUT2D eigenvalue weighted by atomic mass is 10.2. The minimum absolute atomic E-state index is 0.153. The van der Waals surface area contributed by atoms with E-state index in [-0.39, 0.29) is 5.75 Å². The van der Waals surface area contributed by atoms with E-state index >= 15 is 0 Å². The van der Waals surface area contributed by atoms with E-state index in [0.29, 0.717) is 0 Å². The van der Waals surface area contributed by atoms with Crippen molar-refractivity contribution in [2.75, 3.05) is 7.11 Å². The monoisotopic (exact) mass is 185 g/mol. The van der Waals surface area contributed by atoms with Gasteiger partial charge in [-0.1, -0.05) is 0 Å². The van der Waals surface area contributed by atoms with E-state index in [1.165, 1.54) is 7.11 Å². The zero-order valence-electron chi connectivity index (χ0n) is 6.72. The second-order valence-electron chi connectivity index (χ2n) is 2.27. The van der Waals surface area contributed by atoms with Crippen LogP contribution in [-0.2, 0) is 0 Å². The molecule has 0 amide bonds. The molecule has 0 atom stereocenters. The van der Waals surface area contributed by atoms with Gasteiger partial charge in [0.05, 0.1) is 12.0 Å². The molecular formula is C7H7NO5. The first-order valence-corrected chi connectivity index (χ1v) is 3.30. The molecular weight excluding hydrogens is 178 g/mol.